The third-order valence-electron chi connectivity index (χ3n) is 4.18. The van der Waals surface area contributed by atoms with E-state index in [1.54, 1.807) is 24.3 Å². The predicted octanol–water partition coefficient (Wildman–Crippen LogP) is 3.06. The highest BCUT2D eigenvalue weighted by Crippen LogP contribution is 2.19. The summed E-state index contributed by atoms with van der Waals surface area (Å²) in [6.45, 7) is 2.06. The molecule has 7 heteroatoms. The summed E-state index contributed by atoms with van der Waals surface area (Å²) in [6.07, 6.45) is 2.25. The Morgan fingerprint density at radius 3 is 2.59 bits per heavy atom. The van der Waals surface area contributed by atoms with Crippen molar-refractivity contribution in [2.24, 2.45) is 0 Å². The minimum absolute atomic E-state index is 0.176. The van der Waals surface area contributed by atoms with Crippen LogP contribution in [0.4, 0.5) is 11.5 Å². The third-order valence-corrected chi connectivity index (χ3v) is 4.18. The van der Waals surface area contributed by atoms with Crippen LogP contribution in [0.1, 0.15) is 33.2 Å². The largest absolute Gasteiger partial charge is 0.465 e. The van der Waals surface area contributed by atoms with Crippen LogP contribution in [-0.2, 0) is 11.2 Å². The number of aryl methyl sites for hydroxylation is 1. The van der Waals surface area contributed by atoms with E-state index >= 15 is 0 Å². The van der Waals surface area contributed by atoms with Gasteiger partial charge in [-0.2, -0.15) is 5.10 Å². The molecular formula is C20H20N4O3. The summed E-state index contributed by atoms with van der Waals surface area (Å²) in [5.74, 6) is -0.585. The predicted molar refractivity (Wildman–Crippen MR) is 103 cm³/mol. The van der Waals surface area contributed by atoms with E-state index in [0.717, 1.165) is 17.7 Å². The lowest BCUT2D eigenvalue weighted by Crippen LogP contribution is -2.12. The molecule has 7 nitrogen and oxygen atoms in total. The van der Waals surface area contributed by atoms with Gasteiger partial charge in [0.2, 0.25) is 0 Å². The number of aromatic nitrogens is 2. The summed E-state index contributed by atoms with van der Waals surface area (Å²) < 4.78 is 6.08. The first-order valence-electron chi connectivity index (χ1n) is 8.46. The van der Waals surface area contributed by atoms with Crippen LogP contribution in [-0.4, -0.2) is 28.8 Å². The monoisotopic (exact) mass is 364 g/mol. The molecule has 0 spiro atoms. The molecular weight excluding hydrogens is 344 g/mol. The maximum absolute atomic E-state index is 12.4. The minimum Gasteiger partial charge on any atom is -0.465 e. The van der Waals surface area contributed by atoms with Crippen LogP contribution >= 0.6 is 0 Å². The van der Waals surface area contributed by atoms with Gasteiger partial charge < -0.3 is 15.8 Å². The van der Waals surface area contributed by atoms with Gasteiger partial charge in [-0.05, 0) is 48.4 Å². The fourth-order valence-corrected chi connectivity index (χ4v) is 2.66. The van der Waals surface area contributed by atoms with Crippen LogP contribution in [0.2, 0.25) is 0 Å². The molecule has 0 aliphatic rings. The fraction of sp³-hybridized carbons (Fsp3) is 0.150. The second-order valence-electron chi connectivity index (χ2n) is 5.90. The number of methoxy groups -OCH3 is 1. The zero-order valence-corrected chi connectivity index (χ0v) is 15.1. The number of benzene rings is 2. The first-order chi connectivity index (χ1) is 13.0. The Balaban J connectivity index is 1.78. The van der Waals surface area contributed by atoms with E-state index < -0.39 is 5.97 Å². The van der Waals surface area contributed by atoms with Gasteiger partial charge in [0, 0.05) is 11.3 Å². The molecule has 0 radical (unpaired) electrons. The molecule has 0 aliphatic heterocycles. The van der Waals surface area contributed by atoms with Crippen LogP contribution < -0.4 is 11.1 Å². The van der Waals surface area contributed by atoms with Gasteiger partial charge in [0.05, 0.1) is 19.0 Å². The third kappa shape index (κ3) is 3.82. The summed E-state index contributed by atoms with van der Waals surface area (Å²) in [4.78, 5) is 24.1. The van der Waals surface area contributed by atoms with Crippen molar-refractivity contribution in [3.8, 4) is 5.69 Å². The molecule has 1 amide bonds. The van der Waals surface area contributed by atoms with Crippen molar-refractivity contribution in [2.75, 3.05) is 18.2 Å². The molecule has 138 valence electrons. The Kier molecular flexibility index (Phi) is 5.21. The van der Waals surface area contributed by atoms with Crippen LogP contribution in [0.3, 0.4) is 0 Å². The highest BCUT2D eigenvalue weighted by Gasteiger charge is 2.16. The normalized spacial score (nSPS) is 10.4. The van der Waals surface area contributed by atoms with Crippen LogP contribution in [0.5, 0.6) is 0 Å². The van der Waals surface area contributed by atoms with Gasteiger partial charge in [-0.3, -0.25) is 4.79 Å². The van der Waals surface area contributed by atoms with Gasteiger partial charge in [-0.15, -0.1) is 0 Å². The number of amides is 1. The fourth-order valence-electron chi connectivity index (χ4n) is 2.66. The first kappa shape index (κ1) is 18.2. The topological polar surface area (TPSA) is 99.2 Å². The lowest BCUT2D eigenvalue weighted by molar-refractivity contribution is 0.0602. The zero-order valence-electron chi connectivity index (χ0n) is 15.1. The number of carbonyl (C=O) groups excluding carboxylic acids is 2. The van der Waals surface area contributed by atoms with E-state index in [9.17, 15) is 9.59 Å². The average Bonchev–Trinajstić information content (AvgIpc) is 3.09. The maximum atomic E-state index is 12.4. The molecule has 0 saturated carbocycles. The molecule has 0 bridgehead atoms. The standard InChI is InChI=1S/C20H20N4O3/c1-3-13-5-4-6-15(11-13)23-19(25)14-7-9-16(10-8-14)24-18(21)17(12-22-24)20(26)27-2/h4-12H,3,21H2,1-2H3,(H,23,25). The van der Waals surface area contributed by atoms with E-state index in [4.69, 9.17) is 5.73 Å². The summed E-state index contributed by atoms with van der Waals surface area (Å²) >= 11 is 0. The summed E-state index contributed by atoms with van der Waals surface area (Å²) in [5, 5.41) is 6.99. The number of nitrogens with two attached hydrogens (primary N) is 1. The molecule has 3 aromatic rings. The van der Waals surface area contributed by atoms with E-state index in [1.807, 2.05) is 24.3 Å². The highest BCUT2D eigenvalue weighted by atomic mass is 16.5. The lowest BCUT2D eigenvalue weighted by Gasteiger charge is -2.08. The van der Waals surface area contributed by atoms with E-state index in [2.05, 4.69) is 22.1 Å². The van der Waals surface area contributed by atoms with Crippen molar-refractivity contribution >= 4 is 23.4 Å². The quantitative estimate of drug-likeness (QED) is 0.678. The Hall–Kier alpha value is -3.61. The van der Waals surface area contributed by atoms with Gasteiger partial charge in [0.1, 0.15) is 11.4 Å². The number of hydrogen-bond donors (Lipinski definition) is 2. The van der Waals surface area contributed by atoms with Crippen molar-refractivity contribution in [3.05, 3.63) is 71.4 Å². The number of nitrogen functional groups attached to an aromatic ring is 1. The molecule has 0 atom stereocenters. The van der Waals surface area contributed by atoms with Gasteiger partial charge in [-0.1, -0.05) is 19.1 Å². The van der Waals surface area contributed by atoms with Crippen LogP contribution in [0, 0.1) is 0 Å². The van der Waals surface area contributed by atoms with E-state index in [-0.39, 0.29) is 17.3 Å². The minimum atomic E-state index is -0.552. The van der Waals surface area contributed by atoms with Crippen LogP contribution in [0.15, 0.2) is 54.7 Å². The number of nitrogens with zero attached hydrogens (tertiary/aromatic N) is 2. The number of nitrogens with one attached hydrogen (secondary N) is 1. The number of esters is 1. The SMILES string of the molecule is CCc1cccc(NC(=O)c2ccc(-n3ncc(C(=O)OC)c3N)cc2)c1. The van der Waals surface area contributed by atoms with Crippen molar-refractivity contribution in [3.63, 3.8) is 0 Å². The van der Waals surface area contributed by atoms with Crippen LogP contribution in [0.25, 0.3) is 5.69 Å². The van der Waals surface area contributed by atoms with Crippen molar-refractivity contribution in [2.45, 2.75) is 13.3 Å². The number of carbonyl (C=O) groups is 2. The van der Waals surface area contributed by atoms with E-state index in [1.165, 1.54) is 18.0 Å². The number of hydrogen-bond acceptors (Lipinski definition) is 5. The second kappa shape index (κ2) is 7.74. The van der Waals surface area contributed by atoms with Gasteiger partial charge in [0.25, 0.3) is 5.91 Å². The van der Waals surface area contributed by atoms with Crippen molar-refractivity contribution < 1.29 is 14.3 Å². The molecule has 3 N–H and O–H groups in total. The summed E-state index contributed by atoms with van der Waals surface area (Å²) in [7, 11) is 1.28. The lowest BCUT2D eigenvalue weighted by atomic mass is 10.1. The van der Waals surface area contributed by atoms with Gasteiger partial charge in [0.15, 0.2) is 0 Å². The average molecular weight is 364 g/mol. The van der Waals surface area contributed by atoms with Gasteiger partial charge in [-0.25, -0.2) is 9.48 Å². The first-order valence-corrected chi connectivity index (χ1v) is 8.46. The van der Waals surface area contributed by atoms with Crippen molar-refractivity contribution in [1.82, 2.24) is 9.78 Å². The second-order valence-corrected chi connectivity index (χ2v) is 5.90. The van der Waals surface area contributed by atoms with Crippen molar-refractivity contribution in [1.29, 1.82) is 0 Å². The van der Waals surface area contributed by atoms with E-state index in [0.29, 0.717) is 11.3 Å². The molecule has 3 rings (SSSR count). The Morgan fingerprint density at radius 1 is 1.19 bits per heavy atom. The number of anilines is 2. The molecule has 0 fully saturated rings. The maximum Gasteiger partial charge on any atom is 0.343 e. The van der Waals surface area contributed by atoms with Gasteiger partial charge >= 0.3 is 5.97 Å². The molecule has 2 aromatic carbocycles. The molecule has 0 aliphatic carbocycles. The molecule has 27 heavy (non-hydrogen) atoms. The number of ether oxygens (including phenoxy) is 1. The molecule has 1 aromatic heterocycles. The summed E-state index contributed by atoms with van der Waals surface area (Å²) in [6, 6.07) is 14.5. The Labute approximate surface area is 156 Å². The zero-order chi connectivity index (χ0) is 19.4. The molecule has 0 unspecified atom stereocenters. The highest BCUT2D eigenvalue weighted by molar-refractivity contribution is 6.04. The Bertz CT molecular complexity index is 977. The molecule has 1 heterocycles. The summed E-state index contributed by atoms with van der Waals surface area (Å²) in [5.41, 5.74) is 9.18. The molecule has 0 saturated heterocycles. The smallest absolute Gasteiger partial charge is 0.343 e. The Morgan fingerprint density at radius 2 is 1.93 bits per heavy atom. The number of rotatable bonds is 5.